The molecule has 0 atom stereocenters. The van der Waals surface area contributed by atoms with Crippen LogP contribution >= 0.6 is 0 Å². The van der Waals surface area contributed by atoms with Gasteiger partial charge in [-0.2, -0.15) is 0 Å². The second-order valence-electron chi connectivity index (χ2n) is 2.57. The molecule has 4 nitrogen and oxygen atoms in total. The third kappa shape index (κ3) is 18.7. The minimum absolute atomic E-state index is 0.365. The number of aliphatic hydroxyl groups is 3. The molecule has 0 rings (SSSR count). The van der Waals surface area contributed by atoms with Gasteiger partial charge in [0.05, 0.1) is 13.2 Å². The zero-order valence-corrected chi connectivity index (χ0v) is 8.57. The summed E-state index contributed by atoms with van der Waals surface area (Å²) in [5.74, 6) is 0. The van der Waals surface area contributed by atoms with E-state index in [9.17, 15) is 0 Å². The van der Waals surface area contributed by atoms with Crippen molar-refractivity contribution >= 4 is 0 Å². The van der Waals surface area contributed by atoms with Gasteiger partial charge < -0.3 is 20.1 Å². The molecule has 0 spiro atoms. The maximum atomic E-state index is 8.17. The minimum Gasteiger partial charge on any atom is -0.394 e. The lowest BCUT2D eigenvalue weighted by atomic mass is 10.4. The van der Waals surface area contributed by atoms with Crippen LogP contribution in [-0.2, 0) is 4.74 Å². The van der Waals surface area contributed by atoms with Gasteiger partial charge >= 0.3 is 0 Å². The van der Waals surface area contributed by atoms with Crippen LogP contribution in [0.25, 0.3) is 0 Å². The number of unbranched alkanes of at least 4 members (excludes halogenated alkanes) is 1. The number of hydrogen-bond acceptors (Lipinski definition) is 4. The second-order valence-corrected chi connectivity index (χ2v) is 2.57. The van der Waals surface area contributed by atoms with Crippen molar-refractivity contribution in [3.63, 3.8) is 0 Å². The van der Waals surface area contributed by atoms with Crippen LogP contribution in [0, 0.1) is 0 Å². The lowest BCUT2D eigenvalue weighted by molar-refractivity contribution is 0.0450. The third-order valence-corrected chi connectivity index (χ3v) is 1.27. The molecule has 0 saturated heterocycles. The van der Waals surface area contributed by atoms with E-state index in [1.54, 1.807) is 0 Å². The first-order chi connectivity index (χ1) is 6.22. The highest BCUT2D eigenvalue weighted by atomic mass is 16.5. The Bertz CT molecular complexity index is 70.0. The molecule has 0 aliphatic heterocycles. The highest BCUT2D eigenvalue weighted by molar-refractivity contribution is 4.44. The quantitative estimate of drug-likeness (QED) is 0.527. The Morgan fingerprint density at radius 1 is 1.15 bits per heavy atom. The van der Waals surface area contributed by atoms with Gasteiger partial charge in [0.1, 0.15) is 6.10 Å². The molecular weight excluding hydrogens is 172 g/mol. The molecular formula is C9H22O4. The summed E-state index contributed by atoms with van der Waals surface area (Å²) in [6.07, 6.45) is 1.48. The Morgan fingerprint density at radius 3 is 1.92 bits per heavy atom. The third-order valence-electron chi connectivity index (χ3n) is 1.27. The van der Waals surface area contributed by atoms with Gasteiger partial charge in [-0.15, -0.1) is 0 Å². The van der Waals surface area contributed by atoms with Crippen molar-refractivity contribution in [3.8, 4) is 0 Å². The van der Waals surface area contributed by atoms with Crippen LogP contribution in [0.2, 0.25) is 0 Å². The highest BCUT2D eigenvalue weighted by Gasteiger charge is 1.93. The molecule has 0 aromatic rings. The average molecular weight is 194 g/mol. The first-order valence-electron chi connectivity index (χ1n) is 4.70. The van der Waals surface area contributed by atoms with E-state index in [4.69, 9.17) is 20.1 Å². The highest BCUT2D eigenvalue weighted by Crippen LogP contribution is 1.85. The van der Waals surface area contributed by atoms with Crippen molar-refractivity contribution in [2.75, 3.05) is 26.4 Å². The first kappa shape index (κ1) is 15.3. The summed E-state index contributed by atoms with van der Waals surface area (Å²) in [6, 6.07) is 0. The van der Waals surface area contributed by atoms with E-state index in [0.717, 1.165) is 13.2 Å². The largest absolute Gasteiger partial charge is 0.394 e. The van der Waals surface area contributed by atoms with Crippen LogP contribution in [0.5, 0.6) is 0 Å². The maximum absolute atomic E-state index is 8.17. The molecule has 0 bridgehead atoms. The summed E-state index contributed by atoms with van der Waals surface area (Å²) in [5, 5.41) is 24.0. The predicted molar refractivity (Wildman–Crippen MR) is 51.6 cm³/mol. The molecule has 0 aromatic carbocycles. The van der Waals surface area contributed by atoms with Crippen LogP contribution in [0.4, 0.5) is 0 Å². The fourth-order valence-electron chi connectivity index (χ4n) is 0.448. The Labute approximate surface area is 80.2 Å². The van der Waals surface area contributed by atoms with E-state index in [1.807, 2.05) is 6.92 Å². The Hall–Kier alpha value is -0.160. The van der Waals surface area contributed by atoms with Gasteiger partial charge in [0, 0.05) is 13.2 Å². The van der Waals surface area contributed by atoms with Crippen LogP contribution in [0.15, 0.2) is 0 Å². The standard InChI is InChI=1S/C6H14O.C3H8O3/c1-3-5-6-7-4-2;4-1-3(6)2-5/h3-6H2,1-2H3;3-6H,1-2H2. The molecule has 82 valence electrons. The van der Waals surface area contributed by atoms with Gasteiger partial charge in [-0.3, -0.25) is 0 Å². The van der Waals surface area contributed by atoms with E-state index in [1.165, 1.54) is 12.8 Å². The van der Waals surface area contributed by atoms with E-state index < -0.39 is 6.10 Å². The smallest absolute Gasteiger partial charge is 0.100 e. The van der Waals surface area contributed by atoms with Crippen molar-refractivity contribution in [1.82, 2.24) is 0 Å². The van der Waals surface area contributed by atoms with Gasteiger partial charge in [-0.05, 0) is 13.3 Å². The van der Waals surface area contributed by atoms with Crippen molar-refractivity contribution in [1.29, 1.82) is 0 Å². The molecule has 0 amide bonds. The SMILES string of the molecule is CCCCOCC.OCC(O)CO. The number of ether oxygens (including phenoxy) is 1. The number of aliphatic hydroxyl groups excluding tert-OH is 3. The molecule has 4 heteroatoms. The van der Waals surface area contributed by atoms with E-state index in [2.05, 4.69) is 6.92 Å². The van der Waals surface area contributed by atoms with Crippen molar-refractivity contribution < 1.29 is 20.1 Å². The van der Waals surface area contributed by atoms with Crippen molar-refractivity contribution in [2.24, 2.45) is 0 Å². The molecule has 3 N–H and O–H groups in total. The van der Waals surface area contributed by atoms with Gasteiger partial charge in [0.25, 0.3) is 0 Å². The molecule has 0 aromatic heterocycles. The maximum Gasteiger partial charge on any atom is 0.100 e. The van der Waals surface area contributed by atoms with Crippen molar-refractivity contribution in [3.05, 3.63) is 0 Å². The average Bonchev–Trinajstić information content (AvgIpc) is 2.18. The summed E-state index contributed by atoms with van der Waals surface area (Å²) in [6.45, 7) is 5.26. The van der Waals surface area contributed by atoms with Crippen molar-refractivity contribution in [2.45, 2.75) is 32.8 Å². The summed E-state index contributed by atoms with van der Waals surface area (Å²) in [4.78, 5) is 0. The molecule has 0 aliphatic rings. The molecule has 0 radical (unpaired) electrons. The summed E-state index contributed by atoms with van der Waals surface area (Å²) in [5.41, 5.74) is 0. The minimum atomic E-state index is -0.954. The normalized spacial score (nSPS) is 9.69. The van der Waals surface area contributed by atoms with E-state index in [-0.39, 0.29) is 13.2 Å². The Morgan fingerprint density at radius 2 is 1.69 bits per heavy atom. The predicted octanol–water partition coefficient (Wildman–Crippen LogP) is 0.155. The molecule has 13 heavy (non-hydrogen) atoms. The van der Waals surface area contributed by atoms with Crippen LogP contribution in [0.1, 0.15) is 26.7 Å². The fraction of sp³-hybridized carbons (Fsp3) is 1.00. The van der Waals surface area contributed by atoms with Crippen LogP contribution in [0.3, 0.4) is 0 Å². The summed E-state index contributed by atoms with van der Waals surface area (Å²) in [7, 11) is 0. The zero-order chi connectivity index (χ0) is 10.5. The lowest BCUT2D eigenvalue weighted by Gasteiger charge is -1.96. The molecule has 0 unspecified atom stereocenters. The fourth-order valence-corrected chi connectivity index (χ4v) is 0.448. The zero-order valence-electron chi connectivity index (χ0n) is 8.57. The number of hydrogen-bond donors (Lipinski definition) is 3. The molecule has 0 aliphatic carbocycles. The second kappa shape index (κ2) is 14.4. The topological polar surface area (TPSA) is 69.9 Å². The van der Waals surface area contributed by atoms with Gasteiger partial charge in [-0.1, -0.05) is 13.3 Å². The Balaban J connectivity index is 0. The summed E-state index contributed by atoms with van der Waals surface area (Å²) < 4.78 is 5.07. The monoisotopic (exact) mass is 194 g/mol. The van der Waals surface area contributed by atoms with Crippen LogP contribution in [-0.4, -0.2) is 47.9 Å². The number of rotatable bonds is 6. The van der Waals surface area contributed by atoms with Gasteiger partial charge in [0.15, 0.2) is 0 Å². The van der Waals surface area contributed by atoms with E-state index in [0.29, 0.717) is 0 Å². The summed E-state index contributed by atoms with van der Waals surface area (Å²) >= 11 is 0. The van der Waals surface area contributed by atoms with Gasteiger partial charge in [0.2, 0.25) is 0 Å². The first-order valence-corrected chi connectivity index (χ1v) is 4.70. The van der Waals surface area contributed by atoms with Gasteiger partial charge in [-0.25, -0.2) is 0 Å². The lowest BCUT2D eigenvalue weighted by Crippen LogP contribution is -2.15. The molecule has 0 heterocycles. The Kier molecular flexibility index (Phi) is 16.9. The van der Waals surface area contributed by atoms with E-state index >= 15 is 0 Å². The molecule has 0 fully saturated rings. The van der Waals surface area contributed by atoms with Crippen LogP contribution < -0.4 is 0 Å². The molecule has 0 saturated carbocycles.